The molecule has 502 valence electrons. The van der Waals surface area contributed by atoms with Crippen LogP contribution in [0.4, 0.5) is 19.2 Å². The van der Waals surface area contributed by atoms with Crippen molar-refractivity contribution in [3.05, 3.63) is 23.7 Å². The van der Waals surface area contributed by atoms with Crippen LogP contribution in [0.15, 0.2) is 33.7 Å². The number of aliphatic carboxylic acids is 2. The van der Waals surface area contributed by atoms with Gasteiger partial charge in [0.05, 0.1) is 64.6 Å². The predicted octanol–water partition coefficient (Wildman–Crippen LogP) is -4.42. The summed E-state index contributed by atoms with van der Waals surface area (Å²) in [5, 5.41) is 35.0. The molecule has 10 atom stereocenters. The highest BCUT2D eigenvalue weighted by Crippen LogP contribution is 2.31. The number of nitrogens with two attached hydrogens (primary N) is 4. The van der Waals surface area contributed by atoms with Gasteiger partial charge in [-0.2, -0.15) is 0 Å². The number of nitrogens with zero attached hydrogens (tertiary/aromatic N) is 4. The molecule has 0 spiro atoms. The molecule has 4 rings (SSSR count). The van der Waals surface area contributed by atoms with E-state index in [9.17, 15) is 67.7 Å². The second-order valence-corrected chi connectivity index (χ2v) is 20.5. The first-order valence-electron chi connectivity index (χ1n) is 28.4. The van der Waals surface area contributed by atoms with E-state index in [2.05, 4.69) is 41.9 Å². The molecule has 0 radical (unpaired) electrons. The number of cyclic esters (lactones) is 4. The van der Waals surface area contributed by atoms with Crippen molar-refractivity contribution < 1.29 is 115 Å². The Morgan fingerprint density at radius 3 is 1.18 bits per heavy atom. The molecule has 38 nitrogen and oxygen atoms in total. The summed E-state index contributed by atoms with van der Waals surface area (Å²) in [4.78, 5) is 160. The molecule has 0 aromatic rings. The summed E-state index contributed by atoms with van der Waals surface area (Å²) < 4.78 is 52.9. The Morgan fingerprint density at radius 2 is 0.889 bits per heavy atom. The van der Waals surface area contributed by atoms with Crippen LogP contribution in [-0.4, -0.2) is 258 Å². The number of aliphatic imine (C=N–C) groups is 2. The molecule has 0 bridgehead atoms. The van der Waals surface area contributed by atoms with Crippen molar-refractivity contribution in [2.24, 2.45) is 32.9 Å². The normalized spacial score (nSPS) is 21.4. The molecule has 90 heavy (non-hydrogen) atoms. The first kappa shape index (κ1) is 72.9. The summed E-state index contributed by atoms with van der Waals surface area (Å²) in [6, 6.07) is -4.60. The largest absolute Gasteiger partial charge is 0.508 e. The molecule has 2 unspecified atom stereocenters. The molecule has 6 amide bonds. The Balaban J connectivity index is 1.16. The maximum Gasteiger partial charge on any atom is 0.508 e. The summed E-state index contributed by atoms with van der Waals surface area (Å²) in [7, 11) is 2.17. The number of unbranched alkanes of at least 4 members (excludes halogenated alkanes) is 6. The first-order chi connectivity index (χ1) is 42.8. The van der Waals surface area contributed by atoms with Crippen LogP contribution in [0.2, 0.25) is 0 Å². The number of guanidine groups is 2. The van der Waals surface area contributed by atoms with E-state index in [1.165, 1.54) is 35.8 Å². The zero-order valence-electron chi connectivity index (χ0n) is 50.0. The molecular formula is C52H80N14O24. The van der Waals surface area contributed by atoms with Gasteiger partial charge in [0.15, 0.2) is 48.5 Å². The van der Waals surface area contributed by atoms with Crippen LogP contribution >= 0.6 is 0 Å². The van der Waals surface area contributed by atoms with Crippen molar-refractivity contribution in [3.63, 3.8) is 0 Å². The van der Waals surface area contributed by atoms with Gasteiger partial charge in [-0.05, 0) is 37.8 Å². The molecular weight excluding hydrogens is 1200 g/mol. The summed E-state index contributed by atoms with van der Waals surface area (Å²) in [6.45, 7) is 0.185. The molecule has 0 aromatic carbocycles. The van der Waals surface area contributed by atoms with Gasteiger partial charge in [0.25, 0.3) is 0 Å². The van der Waals surface area contributed by atoms with Crippen LogP contribution in [0.25, 0.3) is 0 Å². The maximum absolute atomic E-state index is 13.2. The topological polar surface area (TPSA) is 545 Å². The quantitative estimate of drug-likeness (QED) is 0.00918. The number of alkyl carbamates (subject to hydrolysis) is 2. The molecule has 4 heterocycles. The number of carboxylic acids is 2. The van der Waals surface area contributed by atoms with E-state index in [1.54, 1.807) is 0 Å². The van der Waals surface area contributed by atoms with E-state index < -0.39 is 158 Å². The average Bonchev–Trinajstić information content (AvgIpc) is 1.15. The predicted molar refractivity (Wildman–Crippen MR) is 304 cm³/mol. The minimum atomic E-state index is -1.50. The van der Waals surface area contributed by atoms with Gasteiger partial charge in [-0.15, -0.1) is 0 Å². The number of methoxy groups -OCH3 is 2. The number of rotatable bonds is 37. The zero-order chi connectivity index (χ0) is 66.5. The van der Waals surface area contributed by atoms with Gasteiger partial charge >= 0.3 is 48.4 Å². The van der Waals surface area contributed by atoms with Crippen molar-refractivity contribution in [3.8, 4) is 0 Å². The second-order valence-electron chi connectivity index (χ2n) is 20.5. The SMILES string of the molecule is COC(=O)C1=C[C@H](N=C(N)N)[C@@H](NC(C)=O)[C@H]([C@H](OC(=O)NCCCCCCNC(=O)CN(CCN(CC(=O)O)CC(=O)NCCCCCCNC(=O)O[C@H](C2COC(=O)O2)[C@@H]2OC(C(=O)OC)=C[C@H](N=C(N)N)[C@H]2NC(C)=O)CC(=O)O)C2COC(=O)O2)O1. The van der Waals surface area contributed by atoms with E-state index in [4.69, 9.17) is 70.3 Å². The highest BCUT2D eigenvalue weighted by Gasteiger charge is 2.52. The lowest BCUT2D eigenvalue weighted by Crippen LogP contribution is -2.61. The fourth-order valence-electron chi connectivity index (χ4n) is 9.49. The molecule has 16 N–H and O–H groups in total. The number of amides is 6. The lowest BCUT2D eigenvalue weighted by molar-refractivity contribution is -0.148. The van der Waals surface area contributed by atoms with Crippen LogP contribution in [0, 0.1) is 0 Å². The van der Waals surface area contributed by atoms with Gasteiger partial charge in [0, 0.05) is 53.1 Å². The number of hydrogen-bond donors (Lipinski definition) is 12. The minimum absolute atomic E-state index is 0.0894. The Bertz CT molecular complexity index is 2490. The van der Waals surface area contributed by atoms with Crippen molar-refractivity contribution in [1.82, 2.24) is 41.7 Å². The third kappa shape index (κ3) is 25.6. The van der Waals surface area contributed by atoms with Gasteiger partial charge in [0.2, 0.25) is 35.1 Å². The molecule has 0 aliphatic carbocycles. The number of hydrogen-bond acceptors (Lipinski definition) is 26. The van der Waals surface area contributed by atoms with Gasteiger partial charge in [-0.3, -0.25) is 38.6 Å². The summed E-state index contributed by atoms with van der Waals surface area (Å²) >= 11 is 0. The van der Waals surface area contributed by atoms with Gasteiger partial charge in [0.1, 0.15) is 13.2 Å². The second kappa shape index (κ2) is 37.3. The Morgan fingerprint density at radius 1 is 0.544 bits per heavy atom. The molecule has 38 heteroatoms. The van der Waals surface area contributed by atoms with E-state index in [0.29, 0.717) is 51.4 Å². The Kier molecular flexibility index (Phi) is 30.2. The Labute approximate surface area is 515 Å². The van der Waals surface area contributed by atoms with Gasteiger partial charge < -0.3 is 112 Å². The van der Waals surface area contributed by atoms with E-state index >= 15 is 0 Å². The highest BCUT2D eigenvalue weighted by atomic mass is 16.8. The summed E-state index contributed by atoms with van der Waals surface area (Å²) in [5.74, 6) is -8.18. The number of carboxylic acid groups (broad SMARTS) is 2. The maximum atomic E-state index is 13.2. The molecule has 0 aromatic heterocycles. The first-order valence-corrected chi connectivity index (χ1v) is 28.4. The van der Waals surface area contributed by atoms with E-state index in [-0.39, 0.29) is 77.1 Å². The van der Waals surface area contributed by atoms with Crippen LogP contribution in [0.5, 0.6) is 0 Å². The third-order valence-electron chi connectivity index (χ3n) is 13.4. The van der Waals surface area contributed by atoms with Crippen LogP contribution in [0.1, 0.15) is 65.2 Å². The lowest BCUT2D eigenvalue weighted by Gasteiger charge is -2.39. The van der Waals surface area contributed by atoms with Crippen LogP contribution in [-0.2, 0) is 85.7 Å². The minimum Gasteiger partial charge on any atom is -0.480 e. The fourth-order valence-corrected chi connectivity index (χ4v) is 9.49. The van der Waals surface area contributed by atoms with Crippen molar-refractivity contribution in [2.75, 3.05) is 92.9 Å². The van der Waals surface area contributed by atoms with Crippen molar-refractivity contribution in [1.29, 1.82) is 0 Å². The molecule has 4 aliphatic heterocycles. The monoisotopic (exact) mass is 1280 g/mol. The molecule has 2 saturated heterocycles. The zero-order valence-corrected chi connectivity index (χ0v) is 50.0. The van der Waals surface area contributed by atoms with Gasteiger partial charge in [-0.25, -0.2) is 38.8 Å². The number of carbonyl (C=O) groups excluding carboxylic acids is 10. The number of carbonyl (C=O) groups is 12. The average molecular weight is 1290 g/mol. The standard InChI is InChI=1S/C52H80N14O24/c1-27(67)61-39-29(63-47(53)54)19-31(45(75)81-3)85-43(39)41(33-25-83-51(79)87-33)89-49(77)59-15-11-7-5-9-13-57-35(69)21-65(23-37(71)72)17-18-66(24-38(73)74)22-36(70)58-14-10-6-8-12-16-60-50(78)90-42(34-26-84-52(80)88-34)44-40(62-28(2)68)30(64-48(55)56)20-32(86-44)46(76)82-4/h19-20,29-30,33-34,39-44H,5-18,21-26H2,1-4H3,(H,57,69)(H,58,70)(H,59,77)(H,60,78)(H,61,67)(H,62,68)(H,71,72)(H,73,74)(H4,53,54,63)(H4,55,56,64)/t29-,30-,33?,34?,39+,40+,41+,42+,43+,44+/m0/s1. The number of ether oxygens (including phenoxy) is 10. The number of nitrogens with one attached hydrogen (secondary N) is 6. The third-order valence-corrected chi connectivity index (χ3v) is 13.4. The van der Waals surface area contributed by atoms with Gasteiger partial charge in [-0.1, -0.05) is 25.7 Å². The van der Waals surface area contributed by atoms with E-state index in [1.807, 2.05) is 0 Å². The van der Waals surface area contributed by atoms with Crippen molar-refractivity contribution in [2.45, 2.75) is 126 Å². The van der Waals surface area contributed by atoms with Crippen molar-refractivity contribution >= 4 is 83.9 Å². The van der Waals surface area contributed by atoms with E-state index in [0.717, 1.165) is 14.2 Å². The molecule has 4 aliphatic rings. The fraction of sp³-hybridized carbons (Fsp3) is 0.654. The Hall–Kier alpha value is -9.62. The lowest BCUT2D eigenvalue weighted by atomic mass is 9.92. The smallest absolute Gasteiger partial charge is 0.480 e. The number of esters is 2. The van der Waals surface area contributed by atoms with Crippen LogP contribution < -0.4 is 54.8 Å². The summed E-state index contributed by atoms with van der Waals surface area (Å²) in [6.07, 6.45) is -5.97. The highest BCUT2D eigenvalue weighted by molar-refractivity contribution is 5.88. The summed E-state index contributed by atoms with van der Waals surface area (Å²) in [5.41, 5.74) is 22.5. The molecule has 2 fully saturated rings. The van der Waals surface area contributed by atoms with Crippen LogP contribution in [0.3, 0.4) is 0 Å². The molecule has 0 saturated carbocycles.